The Morgan fingerprint density at radius 1 is 1.05 bits per heavy atom. The van der Waals surface area contributed by atoms with Crippen molar-refractivity contribution < 1.29 is 19.7 Å². The van der Waals surface area contributed by atoms with Gasteiger partial charge in [-0.15, -0.1) is 0 Å². The molecule has 2 aliphatic rings. The van der Waals surface area contributed by atoms with Crippen LogP contribution in [0.3, 0.4) is 0 Å². The second-order valence-corrected chi connectivity index (χ2v) is 5.80. The van der Waals surface area contributed by atoms with Gasteiger partial charge in [-0.25, -0.2) is 4.90 Å². The van der Waals surface area contributed by atoms with Crippen LogP contribution in [0.5, 0.6) is 0 Å². The van der Waals surface area contributed by atoms with E-state index in [1.54, 1.807) is 29.6 Å². The summed E-state index contributed by atoms with van der Waals surface area (Å²) in [6, 6.07) is 8.15. The number of imide groups is 1. The van der Waals surface area contributed by atoms with Gasteiger partial charge < -0.3 is 10.6 Å². The average molecular weight is 302 g/mol. The van der Waals surface area contributed by atoms with Gasteiger partial charge in [0.15, 0.2) is 12.1 Å². The first-order valence-corrected chi connectivity index (χ1v) is 7.71. The summed E-state index contributed by atoms with van der Waals surface area (Å²) in [5, 5.41) is 4.63. The van der Waals surface area contributed by atoms with E-state index in [1.165, 1.54) is 4.90 Å². The molecule has 0 spiro atoms. The van der Waals surface area contributed by atoms with Crippen molar-refractivity contribution in [1.29, 1.82) is 0 Å². The molecule has 0 saturated carbocycles. The van der Waals surface area contributed by atoms with Crippen molar-refractivity contribution in [2.75, 3.05) is 11.4 Å². The van der Waals surface area contributed by atoms with Gasteiger partial charge in [0.25, 0.3) is 11.8 Å². The van der Waals surface area contributed by atoms with E-state index in [9.17, 15) is 14.4 Å². The number of carbonyl (C=O) groups is 3. The fraction of sp³-hybridized carbons (Fsp3) is 0.438. The Labute approximate surface area is 128 Å². The van der Waals surface area contributed by atoms with Crippen LogP contribution in [-0.2, 0) is 14.4 Å². The molecule has 2 heterocycles. The van der Waals surface area contributed by atoms with Gasteiger partial charge in [0, 0.05) is 13.0 Å². The molecule has 1 aromatic rings. The molecule has 116 valence electrons. The Morgan fingerprint density at radius 3 is 2.59 bits per heavy atom. The SMILES string of the molecule is O=C1NCCCC[C@H]1[NH2+][C@@H]1CC(=O)N(c2ccccc2)C1=O. The van der Waals surface area contributed by atoms with Crippen molar-refractivity contribution in [1.82, 2.24) is 5.32 Å². The number of hydrogen-bond acceptors (Lipinski definition) is 3. The topological polar surface area (TPSA) is 83.1 Å². The second kappa shape index (κ2) is 6.27. The summed E-state index contributed by atoms with van der Waals surface area (Å²) < 4.78 is 0. The first-order chi connectivity index (χ1) is 10.7. The molecule has 0 bridgehead atoms. The Bertz CT molecular complexity index is 588. The molecular formula is C16H20N3O3+. The number of hydrogen-bond donors (Lipinski definition) is 2. The third-order valence-corrected chi connectivity index (χ3v) is 4.24. The van der Waals surface area contributed by atoms with Crippen LogP contribution in [0.1, 0.15) is 25.7 Å². The molecule has 6 heteroatoms. The minimum Gasteiger partial charge on any atom is -0.351 e. The number of nitrogens with zero attached hydrogens (tertiary/aromatic N) is 1. The molecule has 0 unspecified atom stereocenters. The molecule has 3 rings (SSSR count). The Balaban J connectivity index is 1.72. The number of benzene rings is 1. The van der Waals surface area contributed by atoms with Gasteiger partial charge >= 0.3 is 0 Å². The highest BCUT2D eigenvalue weighted by Gasteiger charge is 2.44. The highest BCUT2D eigenvalue weighted by atomic mass is 16.2. The monoisotopic (exact) mass is 302 g/mol. The zero-order chi connectivity index (χ0) is 15.5. The van der Waals surface area contributed by atoms with E-state index in [0.717, 1.165) is 19.3 Å². The number of para-hydroxylation sites is 1. The van der Waals surface area contributed by atoms with E-state index in [2.05, 4.69) is 5.32 Å². The zero-order valence-electron chi connectivity index (χ0n) is 12.3. The van der Waals surface area contributed by atoms with Crippen LogP contribution in [0.25, 0.3) is 0 Å². The zero-order valence-corrected chi connectivity index (χ0v) is 12.3. The van der Waals surface area contributed by atoms with Crippen molar-refractivity contribution in [2.24, 2.45) is 0 Å². The smallest absolute Gasteiger partial charge is 0.292 e. The highest BCUT2D eigenvalue weighted by Crippen LogP contribution is 2.21. The lowest BCUT2D eigenvalue weighted by molar-refractivity contribution is -0.696. The van der Waals surface area contributed by atoms with Gasteiger partial charge in [-0.2, -0.15) is 0 Å². The van der Waals surface area contributed by atoms with Crippen LogP contribution in [0.15, 0.2) is 30.3 Å². The maximum absolute atomic E-state index is 12.5. The van der Waals surface area contributed by atoms with Crippen LogP contribution in [0.2, 0.25) is 0 Å². The van der Waals surface area contributed by atoms with E-state index in [4.69, 9.17) is 0 Å². The fourth-order valence-electron chi connectivity index (χ4n) is 3.08. The van der Waals surface area contributed by atoms with E-state index in [-0.39, 0.29) is 30.2 Å². The normalized spacial score (nSPS) is 26.0. The first kappa shape index (κ1) is 14.7. The van der Waals surface area contributed by atoms with Gasteiger partial charge in [-0.3, -0.25) is 14.4 Å². The molecule has 0 aliphatic carbocycles. The Morgan fingerprint density at radius 2 is 1.82 bits per heavy atom. The standard InChI is InChI=1S/C16H19N3O3/c20-14-10-13(18-12-8-4-5-9-17-15(12)21)16(22)19(14)11-6-2-1-3-7-11/h1-3,6-7,12-13,18H,4-5,8-10H2,(H,17,21)/p+1/t12-,13-/m1/s1. The van der Waals surface area contributed by atoms with E-state index >= 15 is 0 Å². The minimum absolute atomic E-state index is 0.0316. The predicted octanol–water partition coefficient (Wildman–Crippen LogP) is -0.449. The van der Waals surface area contributed by atoms with Gasteiger partial charge in [0.2, 0.25) is 5.91 Å². The summed E-state index contributed by atoms with van der Waals surface area (Å²) >= 11 is 0. The maximum Gasteiger partial charge on any atom is 0.292 e. The predicted molar refractivity (Wildman–Crippen MR) is 79.9 cm³/mol. The highest BCUT2D eigenvalue weighted by molar-refractivity contribution is 6.21. The van der Waals surface area contributed by atoms with E-state index < -0.39 is 6.04 Å². The van der Waals surface area contributed by atoms with Gasteiger partial charge in [0.05, 0.1) is 12.1 Å². The number of nitrogens with one attached hydrogen (secondary N) is 1. The molecule has 3 N–H and O–H groups in total. The third kappa shape index (κ3) is 2.87. The first-order valence-electron chi connectivity index (χ1n) is 7.71. The molecule has 2 saturated heterocycles. The number of amides is 3. The molecule has 2 aliphatic heterocycles. The Kier molecular flexibility index (Phi) is 4.20. The largest absolute Gasteiger partial charge is 0.351 e. The van der Waals surface area contributed by atoms with Crippen molar-refractivity contribution in [3.05, 3.63) is 30.3 Å². The molecule has 2 fully saturated rings. The Hall–Kier alpha value is -2.21. The number of nitrogens with two attached hydrogens (primary N) is 1. The van der Waals surface area contributed by atoms with Crippen molar-refractivity contribution in [3.63, 3.8) is 0 Å². The van der Waals surface area contributed by atoms with E-state index in [0.29, 0.717) is 12.2 Å². The summed E-state index contributed by atoms with van der Waals surface area (Å²) in [4.78, 5) is 37.9. The molecule has 1 aromatic carbocycles. The number of carbonyl (C=O) groups excluding carboxylic acids is 3. The van der Waals surface area contributed by atoms with Gasteiger partial charge in [-0.1, -0.05) is 18.2 Å². The van der Waals surface area contributed by atoms with Crippen LogP contribution >= 0.6 is 0 Å². The summed E-state index contributed by atoms with van der Waals surface area (Å²) in [6.45, 7) is 0.691. The quantitative estimate of drug-likeness (QED) is 0.742. The van der Waals surface area contributed by atoms with Crippen LogP contribution in [0.4, 0.5) is 5.69 Å². The fourth-order valence-corrected chi connectivity index (χ4v) is 3.08. The van der Waals surface area contributed by atoms with Crippen LogP contribution in [-0.4, -0.2) is 36.3 Å². The lowest BCUT2D eigenvalue weighted by Crippen LogP contribution is -2.98. The number of quaternary nitrogens is 1. The molecule has 3 amide bonds. The molecule has 0 aromatic heterocycles. The summed E-state index contributed by atoms with van der Waals surface area (Å²) in [7, 11) is 0. The molecule has 2 atom stereocenters. The van der Waals surface area contributed by atoms with E-state index in [1.807, 2.05) is 6.07 Å². The second-order valence-electron chi connectivity index (χ2n) is 5.80. The number of rotatable bonds is 3. The van der Waals surface area contributed by atoms with Gasteiger partial charge in [0.1, 0.15) is 0 Å². The summed E-state index contributed by atoms with van der Waals surface area (Å²) in [5.41, 5.74) is 0.596. The molecule has 0 radical (unpaired) electrons. The van der Waals surface area contributed by atoms with Crippen molar-refractivity contribution in [3.8, 4) is 0 Å². The summed E-state index contributed by atoms with van der Waals surface area (Å²) in [6.07, 6.45) is 2.81. The molecule has 6 nitrogen and oxygen atoms in total. The van der Waals surface area contributed by atoms with Crippen LogP contribution < -0.4 is 15.5 Å². The van der Waals surface area contributed by atoms with Crippen LogP contribution in [0, 0.1) is 0 Å². The minimum atomic E-state index is -0.499. The number of anilines is 1. The van der Waals surface area contributed by atoms with Crippen molar-refractivity contribution in [2.45, 2.75) is 37.8 Å². The van der Waals surface area contributed by atoms with Crippen molar-refractivity contribution >= 4 is 23.4 Å². The summed E-state index contributed by atoms with van der Waals surface area (Å²) in [5.74, 6) is -0.462. The molecule has 22 heavy (non-hydrogen) atoms. The lowest BCUT2D eigenvalue weighted by atomic mass is 10.1. The van der Waals surface area contributed by atoms with Gasteiger partial charge in [-0.05, 0) is 25.0 Å². The average Bonchev–Trinajstić information content (AvgIpc) is 2.67. The third-order valence-electron chi connectivity index (χ3n) is 4.24. The lowest BCUT2D eigenvalue weighted by Gasteiger charge is -2.17. The molecular weight excluding hydrogens is 282 g/mol. The maximum atomic E-state index is 12.5.